The summed E-state index contributed by atoms with van der Waals surface area (Å²) in [5, 5.41) is 3.46. The molecule has 1 fully saturated rings. The van der Waals surface area contributed by atoms with Gasteiger partial charge < -0.3 is 10.3 Å². The molecule has 3 rings (SSSR count). The van der Waals surface area contributed by atoms with Crippen LogP contribution in [0.4, 0.5) is 5.95 Å². The van der Waals surface area contributed by atoms with E-state index in [0.29, 0.717) is 5.41 Å². The van der Waals surface area contributed by atoms with Crippen molar-refractivity contribution in [3.63, 3.8) is 0 Å². The van der Waals surface area contributed by atoms with Gasteiger partial charge >= 0.3 is 0 Å². The minimum Gasteiger partial charge on any atom is -0.355 e. The first kappa shape index (κ1) is 11.6. The molecule has 3 heteroatoms. The lowest BCUT2D eigenvalue weighted by molar-refractivity contribution is 0.134. The molecule has 1 aliphatic rings. The zero-order valence-electron chi connectivity index (χ0n) is 11.2. The van der Waals surface area contributed by atoms with E-state index in [4.69, 9.17) is 0 Å². The van der Waals surface area contributed by atoms with E-state index in [0.717, 1.165) is 29.4 Å². The Labute approximate surface area is 108 Å². The number of aromatic nitrogens is 2. The highest BCUT2D eigenvalue weighted by atomic mass is 15.1. The van der Waals surface area contributed by atoms with Crippen LogP contribution >= 0.6 is 0 Å². The molecule has 0 saturated heterocycles. The van der Waals surface area contributed by atoms with Crippen LogP contribution in [0.1, 0.15) is 33.1 Å². The molecule has 3 nitrogen and oxygen atoms in total. The molecule has 2 N–H and O–H groups in total. The molecule has 1 aromatic carbocycles. The van der Waals surface area contributed by atoms with Gasteiger partial charge in [-0.1, -0.05) is 32.4 Å². The molecule has 1 aliphatic carbocycles. The number of para-hydroxylation sites is 2. The van der Waals surface area contributed by atoms with Crippen LogP contribution in [0.2, 0.25) is 0 Å². The molecule has 18 heavy (non-hydrogen) atoms. The van der Waals surface area contributed by atoms with Crippen LogP contribution in [0.5, 0.6) is 0 Å². The summed E-state index contributed by atoms with van der Waals surface area (Å²) in [6, 6.07) is 8.15. The maximum Gasteiger partial charge on any atom is 0.201 e. The fourth-order valence-corrected chi connectivity index (χ4v) is 2.68. The molecule has 2 aromatic rings. The second-order valence-corrected chi connectivity index (χ2v) is 6.07. The van der Waals surface area contributed by atoms with E-state index in [1.165, 1.54) is 19.3 Å². The highest BCUT2D eigenvalue weighted by molar-refractivity contribution is 5.77. The van der Waals surface area contributed by atoms with Gasteiger partial charge in [0.1, 0.15) is 0 Å². The lowest BCUT2D eigenvalue weighted by Crippen LogP contribution is -2.35. The Morgan fingerprint density at radius 3 is 2.78 bits per heavy atom. The van der Waals surface area contributed by atoms with Crippen LogP contribution in [0.25, 0.3) is 11.0 Å². The number of aromatic amines is 1. The Balaban J connectivity index is 1.69. The maximum absolute atomic E-state index is 4.55. The molecule has 0 atom stereocenters. The fraction of sp³-hybridized carbons (Fsp3) is 0.533. The van der Waals surface area contributed by atoms with Crippen molar-refractivity contribution >= 4 is 17.0 Å². The lowest BCUT2D eigenvalue weighted by Gasteiger charge is -2.40. The molecule has 0 amide bonds. The Kier molecular flexibility index (Phi) is 2.77. The maximum atomic E-state index is 4.55. The number of H-pyrrole nitrogens is 1. The number of imidazole rings is 1. The topological polar surface area (TPSA) is 40.7 Å². The van der Waals surface area contributed by atoms with Gasteiger partial charge in [-0.25, -0.2) is 4.98 Å². The fourth-order valence-electron chi connectivity index (χ4n) is 2.68. The predicted molar refractivity (Wildman–Crippen MR) is 75.7 cm³/mol. The summed E-state index contributed by atoms with van der Waals surface area (Å²) in [5.41, 5.74) is 2.49. The van der Waals surface area contributed by atoms with Crippen molar-refractivity contribution in [2.45, 2.75) is 33.1 Å². The van der Waals surface area contributed by atoms with Crippen molar-refractivity contribution in [3.05, 3.63) is 24.3 Å². The van der Waals surface area contributed by atoms with E-state index in [9.17, 15) is 0 Å². The summed E-state index contributed by atoms with van der Waals surface area (Å²) in [4.78, 5) is 7.87. The van der Waals surface area contributed by atoms with E-state index >= 15 is 0 Å². The van der Waals surface area contributed by atoms with Gasteiger partial charge in [0.2, 0.25) is 5.95 Å². The highest BCUT2D eigenvalue weighted by Gasteiger charge is 2.33. The molecule has 0 radical (unpaired) electrons. The van der Waals surface area contributed by atoms with Crippen LogP contribution in [0.3, 0.4) is 0 Å². The number of nitrogens with zero attached hydrogens (tertiary/aromatic N) is 1. The van der Waals surface area contributed by atoms with Crippen LogP contribution in [-0.2, 0) is 0 Å². The normalized spacial score (nSPS) is 16.8. The number of rotatable bonds is 4. The zero-order chi connectivity index (χ0) is 12.6. The summed E-state index contributed by atoms with van der Waals surface area (Å²) < 4.78 is 0. The molecule has 0 unspecified atom stereocenters. The second-order valence-electron chi connectivity index (χ2n) is 6.07. The standard InChI is InChI=1S/C15H21N3/c1-15(2,11-6-5-7-11)10-16-14-17-12-8-3-4-9-13(12)18-14/h3-4,8-9,11H,5-7,10H2,1-2H3,(H2,16,17,18). The first-order chi connectivity index (χ1) is 8.65. The van der Waals surface area contributed by atoms with Gasteiger partial charge in [-0.05, 0) is 36.3 Å². The third kappa shape index (κ3) is 2.09. The Morgan fingerprint density at radius 1 is 1.33 bits per heavy atom. The van der Waals surface area contributed by atoms with Crippen molar-refractivity contribution in [3.8, 4) is 0 Å². The third-order valence-electron chi connectivity index (χ3n) is 4.31. The largest absolute Gasteiger partial charge is 0.355 e. The Hall–Kier alpha value is -1.51. The average molecular weight is 243 g/mol. The van der Waals surface area contributed by atoms with E-state index in [2.05, 4.69) is 35.2 Å². The van der Waals surface area contributed by atoms with Gasteiger partial charge in [0.25, 0.3) is 0 Å². The van der Waals surface area contributed by atoms with Crippen molar-refractivity contribution in [2.75, 3.05) is 11.9 Å². The number of benzene rings is 1. The van der Waals surface area contributed by atoms with Gasteiger partial charge in [0.15, 0.2) is 0 Å². The Morgan fingerprint density at radius 2 is 2.11 bits per heavy atom. The van der Waals surface area contributed by atoms with Crippen molar-refractivity contribution in [1.82, 2.24) is 9.97 Å². The van der Waals surface area contributed by atoms with Gasteiger partial charge in [0, 0.05) is 6.54 Å². The number of nitrogens with one attached hydrogen (secondary N) is 2. The van der Waals surface area contributed by atoms with Crippen LogP contribution in [0.15, 0.2) is 24.3 Å². The molecule has 96 valence electrons. The minimum absolute atomic E-state index is 0.358. The smallest absolute Gasteiger partial charge is 0.201 e. The number of hydrogen-bond donors (Lipinski definition) is 2. The van der Waals surface area contributed by atoms with E-state index in [1.54, 1.807) is 0 Å². The number of fused-ring (bicyclic) bond motifs is 1. The summed E-state index contributed by atoms with van der Waals surface area (Å²) >= 11 is 0. The van der Waals surface area contributed by atoms with E-state index in [1.807, 2.05) is 18.2 Å². The summed E-state index contributed by atoms with van der Waals surface area (Å²) in [6.45, 7) is 5.69. The van der Waals surface area contributed by atoms with Gasteiger partial charge in [-0.2, -0.15) is 0 Å². The number of anilines is 1. The molecule has 1 saturated carbocycles. The van der Waals surface area contributed by atoms with Crippen LogP contribution in [0, 0.1) is 11.3 Å². The van der Waals surface area contributed by atoms with Crippen molar-refractivity contribution in [1.29, 1.82) is 0 Å². The molecule has 0 spiro atoms. The monoisotopic (exact) mass is 243 g/mol. The van der Waals surface area contributed by atoms with Crippen molar-refractivity contribution < 1.29 is 0 Å². The molecule has 1 heterocycles. The summed E-state index contributed by atoms with van der Waals surface area (Å²) in [6.07, 6.45) is 4.17. The summed E-state index contributed by atoms with van der Waals surface area (Å²) in [7, 11) is 0. The highest BCUT2D eigenvalue weighted by Crippen LogP contribution is 2.41. The second kappa shape index (κ2) is 4.30. The lowest BCUT2D eigenvalue weighted by atomic mass is 9.67. The molecular formula is C15H21N3. The van der Waals surface area contributed by atoms with Crippen LogP contribution in [-0.4, -0.2) is 16.5 Å². The molecule has 0 bridgehead atoms. The molecule has 0 aliphatic heterocycles. The van der Waals surface area contributed by atoms with Gasteiger partial charge in [0.05, 0.1) is 11.0 Å². The number of hydrogen-bond acceptors (Lipinski definition) is 2. The SMILES string of the molecule is CC(C)(CNc1nc2ccccc2[nH]1)C1CCC1. The van der Waals surface area contributed by atoms with E-state index in [-0.39, 0.29) is 0 Å². The predicted octanol–water partition coefficient (Wildman–Crippen LogP) is 3.80. The summed E-state index contributed by atoms with van der Waals surface area (Å²) in [5.74, 6) is 1.76. The molecular weight excluding hydrogens is 222 g/mol. The van der Waals surface area contributed by atoms with Gasteiger partial charge in [-0.3, -0.25) is 0 Å². The first-order valence-electron chi connectivity index (χ1n) is 6.84. The first-order valence-corrected chi connectivity index (χ1v) is 6.84. The Bertz CT molecular complexity index is 504. The van der Waals surface area contributed by atoms with E-state index < -0.39 is 0 Å². The quantitative estimate of drug-likeness (QED) is 0.857. The van der Waals surface area contributed by atoms with Crippen molar-refractivity contribution in [2.24, 2.45) is 11.3 Å². The molecule has 1 aromatic heterocycles. The third-order valence-corrected chi connectivity index (χ3v) is 4.31. The zero-order valence-corrected chi connectivity index (χ0v) is 11.2. The minimum atomic E-state index is 0.358. The van der Waals surface area contributed by atoms with Crippen LogP contribution < -0.4 is 5.32 Å². The van der Waals surface area contributed by atoms with Gasteiger partial charge in [-0.15, -0.1) is 0 Å². The average Bonchev–Trinajstić information content (AvgIpc) is 2.66.